The van der Waals surface area contributed by atoms with Gasteiger partial charge in [-0.15, -0.1) is 11.3 Å². The summed E-state index contributed by atoms with van der Waals surface area (Å²) in [4.78, 5) is 12.8. The smallest absolute Gasteiger partial charge is 0.266 e. The van der Waals surface area contributed by atoms with Crippen molar-refractivity contribution in [3.8, 4) is 0 Å². The molecule has 0 aliphatic heterocycles. The van der Waals surface area contributed by atoms with E-state index in [0.29, 0.717) is 9.90 Å². The Balaban J connectivity index is 1.53. The van der Waals surface area contributed by atoms with Crippen LogP contribution in [0.2, 0.25) is 5.02 Å². The monoisotopic (exact) mass is 364 g/mol. The fourth-order valence-electron chi connectivity index (χ4n) is 2.66. The van der Waals surface area contributed by atoms with Crippen LogP contribution in [0.25, 0.3) is 20.9 Å². The van der Waals surface area contributed by atoms with Gasteiger partial charge in [-0.1, -0.05) is 66.2 Å². The second kappa shape index (κ2) is 6.67. The number of hydrogen-bond acceptors (Lipinski definition) is 3. The van der Waals surface area contributed by atoms with Crippen LogP contribution in [0.3, 0.4) is 0 Å². The fourth-order valence-corrected chi connectivity index (χ4v) is 4.07. The lowest BCUT2D eigenvalue weighted by Crippen LogP contribution is -2.16. The Hall–Kier alpha value is -2.69. The summed E-state index contributed by atoms with van der Waals surface area (Å²) < 4.78 is 0.983. The van der Waals surface area contributed by atoms with Crippen LogP contribution in [0, 0.1) is 0 Å². The minimum Gasteiger partial charge on any atom is -0.266 e. The van der Waals surface area contributed by atoms with E-state index in [4.69, 9.17) is 11.6 Å². The molecule has 122 valence electrons. The maximum Gasteiger partial charge on any atom is 0.283 e. The number of carbonyl (C=O) groups is 1. The van der Waals surface area contributed by atoms with Crippen molar-refractivity contribution >= 4 is 55.9 Å². The van der Waals surface area contributed by atoms with Crippen LogP contribution in [-0.2, 0) is 0 Å². The van der Waals surface area contributed by atoms with Crippen LogP contribution >= 0.6 is 22.9 Å². The van der Waals surface area contributed by atoms with E-state index >= 15 is 0 Å². The van der Waals surface area contributed by atoms with Crippen LogP contribution in [0.1, 0.15) is 15.2 Å². The summed E-state index contributed by atoms with van der Waals surface area (Å²) >= 11 is 7.67. The van der Waals surface area contributed by atoms with E-state index in [2.05, 4.69) is 16.6 Å². The van der Waals surface area contributed by atoms with Crippen LogP contribution in [0.15, 0.2) is 71.8 Å². The Bertz CT molecular complexity index is 1120. The summed E-state index contributed by atoms with van der Waals surface area (Å²) in [5.74, 6) is -0.303. The van der Waals surface area contributed by atoms with Gasteiger partial charge in [0.25, 0.3) is 5.91 Å². The van der Waals surface area contributed by atoms with Gasteiger partial charge in [-0.3, -0.25) is 4.79 Å². The number of carbonyl (C=O) groups excluding carboxylic acids is 1. The van der Waals surface area contributed by atoms with Gasteiger partial charge in [-0.05, 0) is 28.5 Å². The average Bonchev–Trinajstić information content (AvgIpc) is 2.99. The van der Waals surface area contributed by atoms with E-state index in [1.54, 1.807) is 6.21 Å². The Morgan fingerprint density at radius 3 is 2.60 bits per heavy atom. The number of hydrogen-bond donors (Lipinski definition) is 1. The lowest BCUT2D eigenvalue weighted by atomic mass is 10.1. The Morgan fingerprint density at radius 2 is 1.76 bits per heavy atom. The number of amides is 1. The zero-order chi connectivity index (χ0) is 17.2. The lowest BCUT2D eigenvalue weighted by Gasteiger charge is -2.00. The van der Waals surface area contributed by atoms with Gasteiger partial charge < -0.3 is 0 Å². The summed E-state index contributed by atoms with van der Waals surface area (Å²) in [5, 5.41) is 7.71. The van der Waals surface area contributed by atoms with Crippen molar-refractivity contribution in [2.45, 2.75) is 0 Å². The SMILES string of the molecule is O=C(NN=Cc1ccc2ccccc2c1)c1sc2ccccc2c1Cl. The molecule has 4 rings (SSSR count). The third-order valence-corrected chi connectivity index (χ3v) is 5.57. The van der Waals surface area contributed by atoms with Crippen molar-refractivity contribution in [2.24, 2.45) is 5.10 Å². The number of fused-ring (bicyclic) bond motifs is 2. The predicted molar refractivity (Wildman–Crippen MR) is 106 cm³/mol. The van der Waals surface area contributed by atoms with Gasteiger partial charge >= 0.3 is 0 Å². The molecular weight excluding hydrogens is 352 g/mol. The van der Waals surface area contributed by atoms with Crippen LogP contribution in [-0.4, -0.2) is 12.1 Å². The minimum atomic E-state index is -0.303. The maximum absolute atomic E-state index is 12.3. The summed E-state index contributed by atoms with van der Waals surface area (Å²) in [6, 6.07) is 21.8. The number of thiophene rings is 1. The van der Waals surface area contributed by atoms with Crippen molar-refractivity contribution in [3.05, 3.63) is 82.2 Å². The van der Waals surface area contributed by atoms with Crippen LogP contribution in [0.5, 0.6) is 0 Å². The molecule has 0 unspecified atom stereocenters. The molecule has 1 heterocycles. The predicted octanol–water partition coefficient (Wildman–Crippen LogP) is 5.47. The molecule has 0 radical (unpaired) electrons. The number of rotatable bonds is 3. The van der Waals surface area contributed by atoms with E-state index in [0.717, 1.165) is 21.0 Å². The molecule has 1 N–H and O–H groups in total. The summed E-state index contributed by atoms with van der Waals surface area (Å²) in [7, 11) is 0. The number of hydrazone groups is 1. The number of benzene rings is 3. The van der Waals surface area contributed by atoms with Gasteiger partial charge in [0.05, 0.1) is 11.2 Å². The molecule has 0 saturated heterocycles. The topological polar surface area (TPSA) is 41.5 Å². The summed E-state index contributed by atoms with van der Waals surface area (Å²) in [6.45, 7) is 0. The minimum absolute atomic E-state index is 0.303. The zero-order valence-corrected chi connectivity index (χ0v) is 14.6. The molecule has 3 nitrogen and oxygen atoms in total. The third-order valence-electron chi connectivity index (χ3n) is 3.89. The van der Waals surface area contributed by atoms with Gasteiger partial charge in [-0.25, -0.2) is 5.43 Å². The molecule has 1 amide bonds. The highest BCUT2D eigenvalue weighted by atomic mass is 35.5. The molecule has 0 fully saturated rings. The van der Waals surface area contributed by atoms with Gasteiger partial charge in [0.2, 0.25) is 0 Å². The highest BCUT2D eigenvalue weighted by Gasteiger charge is 2.16. The van der Waals surface area contributed by atoms with Crippen molar-refractivity contribution in [2.75, 3.05) is 0 Å². The third kappa shape index (κ3) is 3.14. The van der Waals surface area contributed by atoms with Crippen molar-refractivity contribution < 1.29 is 4.79 Å². The first kappa shape index (κ1) is 15.8. The standard InChI is InChI=1S/C20H13ClN2OS/c21-18-16-7-3-4-8-17(16)25-19(18)20(24)23-22-12-13-9-10-14-5-1-2-6-15(14)11-13/h1-12H,(H,23,24). The second-order valence-corrected chi connectivity index (χ2v) is 6.98. The van der Waals surface area contributed by atoms with E-state index in [1.807, 2.05) is 60.7 Å². The zero-order valence-electron chi connectivity index (χ0n) is 13.1. The fraction of sp³-hybridized carbons (Fsp3) is 0. The van der Waals surface area contributed by atoms with Crippen molar-refractivity contribution in [3.63, 3.8) is 0 Å². The van der Waals surface area contributed by atoms with Crippen LogP contribution < -0.4 is 5.43 Å². The van der Waals surface area contributed by atoms with E-state index in [1.165, 1.54) is 16.7 Å². The molecule has 5 heteroatoms. The molecule has 0 saturated carbocycles. The van der Waals surface area contributed by atoms with Gasteiger partial charge in [0.1, 0.15) is 4.88 Å². The van der Waals surface area contributed by atoms with E-state index in [-0.39, 0.29) is 5.91 Å². The maximum atomic E-state index is 12.3. The highest BCUT2D eigenvalue weighted by molar-refractivity contribution is 7.21. The molecule has 25 heavy (non-hydrogen) atoms. The Kier molecular flexibility index (Phi) is 4.22. The normalized spacial score (nSPS) is 11.4. The Morgan fingerprint density at radius 1 is 1.00 bits per heavy atom. The molecule has 0 aliphatic rings. The molecular formula is C20H13ClN2OS. The molecule has 3 aromatic carbocycles. The number of halogens is 1. The van der Waals surface area contributed by atoms with Gasteiger partial charge in [0.15, 0.2) is 0 Å². The number of nitrogens with zero attached hydrogens (tertiary/aromatic N) is 1. The number of nitrogens with one attached hydrogen (secondary N) is 1. The first-order chi connectivity index (χ1) is 12.2. The molecule has 0 spiro atoms. The first-order valence-electron chi connectivity index (χ1n) is 7.71. The summed E-state index contributed by atoms with van der Waals surface area (Å²) in [6.07, 6.45) is 1.63. The summed E-state index contributed by atoms with van der Waals surface area (Å²) in [5.41, 5.74) is 3.47. The Labute approximate surface area is 153 Å². The molecule has 0 atom stereocenters. The van der Waals surface area contributed by atoms with E-state index < -0.39 is 0 Å². The average molecular weight is 365 g/mol. The lowest BCUT2D eigenvalue weighted by molar-refractivity contribution is 0.0959. The molecule has 0 bridgehead atoms. The second-order valence-electron chi connectivity index (χ2n) is 5.55. The first-order valence-corrected chi connectivity index (χ1v) is 8.91. The molecule has 1 aromatic heterocycles. The highest BCUT2D eigenvalue weighted by Crippen LogP contribution is 2.34. The van der Waals surface area contributed by atoms with Crippen LogP contribution in [0.4, 0.5) is 0 Å². The van der Waals surface area contributed by atoms with E-state index in [9.17, 15) is 4.79 Å². The van der Waals surface area contributed by atoms with Gasteiger partial charge in [0, 0.05) is 10.1 Å². The molecule has 0 aliphatic carbocycles. The largest absolute Gasteiger partial charge is 0.283 e. The molecule has 4 aromatic rings. The van der Waals surface area contributed by atoms with Gasteiger partial charge in [-0.2, -0.15) is 5.10 Å². The quantitative estimate of drug-likeness (QED) is 0.380. The van der Waals surface area contributed by atoms with Crippen molar-refractivity contribution in [1.29, 1.82) is 0 Å². The van der Waals surface area contributed by atoms with Crippen molar-refractivity contribution in [1.82, 2.24) is 5.43 Å².